The lowest BCUT2D eigenvalue weighted by atomic mass is 9.95. The Morgan fingerprint density at radius 3 is 1.73 bits per heavy atom. The molecule has 2 heterocycles. The van der Waals surface area contributed by atoms with Crippen molar-refractivity contribution in [1.82, 2.24) is 9.97 Å². The summed E-state index contributed by atoms with van der Waals surface area (Å²) in [6.45, 7) is 0. The summed E-state index contributed by atoms with van der Waals surface area (Å²) >= 11 is 0. The number of furan rings is 1. The van der Waals surface area contributed by atoms with Gasteiger partial charge >= 0.3 is 0 Å². The van der Waals surface area contributed by atoms with Crippen LogP contribution in [0.2, 0.25) is 0 Å². The molecule has 0 saturated heterocycles. The zero-order valence-electron chi connectivity index (χ0n) is 29.8. The molecule has 0 atom stereocenters. The zero-order chi connectivity index (χ0) is 36.3. The number of rotatable bonds is 5. The minimum absolute atomic E-state index is 0.673. The first-order chi connectivity index (χ1) is 27.2. The Balaban J connectivity index is 1.10. The van der Waals surface area contributed by atoms with Crippen LogP contribution in [0.25, 0.3) is 110 Å². The SMILES string of the molecule is c1ccc(-c2ccc(-c3nc(-c4cc(-c5ccc(-c6ccc7ccccc7c6)cc5)c5oc6c7ccccc7ccc6c5c4)nc4ccccc34)cc2)cc1. The van der Waals surface area contributed by atoms with Gasteiger partial charge < -0.3 is 4.42 Å². The van der Waals surface area contributed by atoms with Crippen LogP contribution in [0, 0.1) is 0 Å². The van der Waals surface area contributed by atoms with Crippen LogP contribution >= 0.6 is 0 Å². The van der Waals surface area contributed by atoms with Gasteiger partial charge in [-0.1, -0.05) is 164 Å². The fourth-order valence-corrected chi connectivity index (χ4v) is 8.04. The smallest absolute Gasteiger partial charge is 0.160 e. The number of fused-ring (bicyclic) bond motifs is 7. The van der Waals surface area contributed by atoms with Crippen LogP contribution in [0.3, 0.4) is 0 Å². The summed E-state index contributed by atoms with van der Waals surface area (Å²) in [5, 5.41) is 7.84. The van der Waals surface area contributed by atoms with Gasteiger partial charge in [-0.3, -0.25) is 0 Å². The predicted molar refractivity (Wildman–Crippen MR) is 229 cm³/mol. The van der Waals surface area contributed by atoms with E-state index in [1.807, 2.05) is 12.1 Å². The molecule has 0 aliphatic rings. The second kappa shape index (κ2) is 12.6. The Labute approximate surface area is 317 Å². The fourth-order valence-electron chi connectivity index (χ4n) is 8.04. The Morgan fingerprint density at radius 1 is 0.309 bits per heavy atom. The van der Waals surface area contributed by atoms with Crippen molar-refractivity contribution in [2.75, 3.05) is 0 Å². The summed E-state index contributed by atoms with van der Waals surface area (Å²) in [4.78, 5) is 10.5. The molecule has 0 spiro atoms. The molecule has 0 fully saturated rings. The molecule has 11 rings (SSSR count). The zero-order valence-corrected chi connectivity index (χ0v) is 29.8. The molecular weight excluding hydrogens is 669 g/mol. The summed E-state index contributed by atoms with van der Waals surface area (Å²) in [7, 11) is 0. The number of para-hydroxylation sites is 1. The molecule has 11 aromatic rings. The minimum atomic E-state index is 0.673. The lowest BCUT2D eigenvalue weighted by Crippen LogP contribution is -1.96. The third-order valence-electron chi connectivity index (χ3n) is 10.9. The van der Waals surface area contributed by atoms with Gasteiger partial charge in [0, 0.05) is 38.2 Å². The maximum Gasteiger partial charge on any atom is 0.160 e. The van der Waals surface area contributed by atoms with E-state index >= 15 is 0 Å². The summed E-state index contributed by atoms with van der Waals surface area (Å²) in [6, 6.07) is 68.6. The average Bonchev–Trinajstić information content (AvgIpc) is 3.65. The van der Waals surface area contributed by atoms with E-state index in [-0.39, 0.29) is 0 Å². The van der Waals surface area contributed by atoms with E-state index in [0.717, 1.165) is 71.6 Å². The van der Waals surface area contributed by atoms with Crippen LogP contribution in [-0.2, 0) is 0 Å². The van der Waals surface area contributed by atoms with Gasteiger partial charge in [-0.05, 0) is 74.3 Å². The van der Waals surface area contributed by atoms with Crippen molar-refractivity contribution in [3.05, 3.63) is 194 Å². The number of hydrogen-bond donors (Lipinski definition) is 0. The van der Waals surface area contributed by atoms with Crippen molar-refractivity contribution in [3.63, 3.8) is 0 Å². The third kappa shape index (κ3) is 5.36. The lowest BCUT2D eigenvalue weighted by molar-refractivity contribution is 0.674. The maximum atomic E-state index is 6.88. The van der Waals surface area contributed by atoms with Gasteiger partial charge in [0.25, 0.3) is 0 Å². The number of benzene rings is 9. The molecule has 0 bridgehead atoms. The van der Waals surface area contributed by atoms with E-state index in [2.05, 4.69) is 182 Å². The van der Waals surface area contributed by atoms with Gasteiger partial charge in [-0.25, -0.2) is 9.97 Å². The molecule has 0 aliphatic heterocycles. The van der Waals surface area contributed by atoms with Gasteiger partial charge in [-0.15, -0.1) is 0 Å². The second-order valence-electron chi connectivity index (χ2n) is 14.2. The van der Waals surface area contributed by atoms with Crippen LogP contribution in [0.5, 0.6) is 0 Å². The molecule has 0 aliphatic carbocycles. The molecule has 0 unspecified atom stereocenters. The molecule has 2 aromatic heterocycles. The van der Waals surface area contributed by atoms with Crippen molar-refractivity contribution in [1.29, 1.82) is 0 Å². The molecule has 0 radical (unpaired) electrons. The average molecular weight is 701 g/mol. The molecule has 0 amide bonds. The predicted octanol–water partition coefficient (Wildman–Crippen LogP) is 14.2. The normalized spacial score (nSPS) is 11.6. The van der Waals surface area contributed by atoms with Gasteiger partial charge in [0.1, 0.15) is 11.2 Å². The number of nitrogens with zero attached hydrogens (tertiary/aromatic N) is 2. The molecule has 0 saturated carbocycles. The summed E-state index contributed by atoms with van der Waals surface area (Å²) < 4.78 is 6.88. The van der Waals surface area contributed by atoms with E-state index in [1.54, 1.807) is 0 Å². The quantitative estimate of drug-likeness (QED) is 0.179. The second-order valence-corrected chi connectivity index (χ2v) is 14.2. The number of hydrogen-bond acceptors (Lipinski definition) is 3. The largest absolute Gasteiger partial charge is 0.455 e. The van der Waals surface area contributed by atoms with Gasteiger partial charge in [0.05, 0.1) is 11.2 Å². The van der Waals surface area contributed by atoms with E-state index in [0.29, 0.717) is 5.82 Å². The molecule has 3 nitrogen and oxygen atoms in total. The summed E-state index contributed by atoms with van der Waals surface area (Å²) in [6.07, 6.45) is 0. The van der Waals surface area contributed by atoms with Gasteiger partial charge in [0.15, 0.2) is 5.82 Å². The van der Waals surface area contributed by atoms with Crippen molar-refractivity contribution in [2.24, 2.45) is 0 Å². The molecule has 55 heavy (non-hydrogen) atoms. The van der Waals surface area contributed by atoms with E-state index < -0.39 is 0 Å². The third-order valence-corrected chi connectivity index (χ3v) is 10.9. The van der Waals surface area contributed by atoms with Gasteiger partial charge in [-0.2, -0.15) is 0 Å². The van der Waals surface area contributed by atoms with Crippen molar-refractivity contribution in [3.8, 4) is 56.0 Å². The van der Waals surface area contributed by atoms with E-state index in [4.69, 9.17) is 14.4 Å². The molecule has 0 N–H and O–H groups in total. The Kier molecular flexibility index (Phi) is 7.17. The van der Waals surface area contributed by atoms with E-state index in [1.165, 1.54) is 33.0 Å². The Bertz CT molecular complexity index is 3230. The molecule has 3 heteroatoms. The number of aromatic nitrogens is 2. The van der Waals surface area contributed by atoms with Crippen LogP contribution < -0.4 is 0 Å². The van der Waals surface area contributed by atoms with Gasteiger partial charge in [0.2, 0.25) is 0 Å². The summed E-state index contributed by atoms with van der Waals surface area (Å²) in [5.74, 6) is 0.673. The van der Waals surface area contributed by atoms with Crippen molar-refractivity contribution in [2.45, 2.75) is 0 Å². The van der Waals surface area contributed by atoms with Crippen molar-refractivity contribution < 1.29 is 4.42 Å². The highest BCUT2D eigenvalue weighted by Gasteiger charge is 2.19. The monoisotopic (exact) mass is 700 g/mol. The first-order valence-electron chi connectivity index (χ1n) is 18.6. The molecule has 9 aromatic carbocycles. The maximum absolute atomic E-state index is 6.88. The Morgan fingerprint density at radius 2 is 0.909 bits per heavy atom. The van der Waals surface area contributed by atoms with Crippen LogP contribution in [0.15, 0.2) is 199 Å². The Hall–Kier alpha value is -7.36. The highest BCUT2D eigenvalue weighted by Crippen LogP contribution is 2.42. The fraction of sp³-hybridized carbons (Fsp3) is 0. The van der Waals surface area contributed by atoms with Crippen molar-refractivity contribution >= 4 is 54.4 Å². The molecular formula is C52H32N2O. The molecule has 256 valence electrons. The van der Waals surface area contributed by atoms with Crippen LogP contribution in [0.1, 0.15) is 0 Å². The standard InChI is InChI=1S/C52H32N2O/c1-2-10-33(11-3-1)35-20-25-39(26-21-35)49-45-16-8-9-17-48(45)53-52(54-49)42-31-46(51-47(32-42)44-29-28-37-13-6-7-15-43(37)50(44)55-51)38-23-18-36(19-24-38)41-27-22-34-12-4-5-14-40(34)30-41/h1-32H. The first kappa shape index (κ1) is 31.2. The minimum Gasteiger partial charge on any atom is -0.455 e. The highest BCUT2D eigenvalue weighted by molar-refractivity contribution is 6.18. The van der Waals surface area contributed by atoms with Crippen LogP contribution in [0.4, 0.5) is 0 Å². The van der Waals surface area contributed by atoms with E-state index in [9.17, 15) is 0 Å². The summed E-state index contributed by atoms with van der Waals surface area (Å²) in [5.41, 5.74) is 12.3. The van der Waals surface area contributed by atoms with Crippen LogP contribution in [-0.4, -0.2) is 9.97 Å². The highest BCUT2D eigenvalue weighted by atomic mass is 16.3. The lowest BCUT2D eigenvalue weighted by Gasteiger charge is -2.12. The first-order valence-corrected chi connectivity index (χ1v) is 18.6. The topological polar surface area (TPSA) is 38.9 Å².